The number of halogens is 3. The highest BCUT2D eigenvalue weighted by molar-refractivity contribution is 5.68. The van der Waals surface area contributed by atoms with E-state index < -0.39 is 24.1 Å². The van der Waals surface area contributed by atoms with Crippen LogP contribution in [0.3, 0.4) is 0 Å². The van der Waals surface area contributed by atoms with Crippen LogP contribution in [0.15, 0.2) is 18.5 Å². The van der Waals surface area contributed by atoms with Gasteiger partial charge in [0.15, 0.2) is 11.5 Å². The Bertz CT molecular complexity index is 609. The summed E-state index contributed by atoms with van der Waals surface area (Å²) in [6.07, 6.45) is -1.96. The lowest BCUT2D eigenvalue weighted by Crippen LogP contribution is -2.37. The average molecular weight is 290 g/mol. The molecule has 0 amide bonds. The van der Waals surface area contributed by atoms with Gasteiger partial charge in [-0.2, -0.15) is 18.3 Å². The Balaban J connectivity index is 2.32. The second kappa shape index (κ2) is 4.91. The Morgan fingerprint density at radius 3 is 2.70 bits per heavy atom. The number of aliphatic hydroxyl groups excluding tert-OH is 1. The SMILES string of the molecule is CC(O)(CO)CNc1nccn2nc(C(F)(F)F)cc12. The van der Waals surface area contributed by atoms with Crippen molar-refractivity contribution in [1.29, 1.82) is 0 Å². The molecule has 3 N–H and O–H groups in total. The fraction of sp³-hybridized carbons (Fsp3) is 0.455. The second-order valence-corrected chi connectivity index (χ2v) is 4.64. The molecule has 6 nitrogen and oxygen atoms in total. The standard InChI is InChI=1S/C11H13F3N4O2/c1-10(20,6-19)5-16-9-7-4-8(11(12,13)14)17-18(7)3-2-15-9/h2-4,19-20H,5-6H2,1H3,(H,15,16). The predicted molar refractivity (Wildman–Crippen MR) is 64.2 cm³/mol. The molecule has 1 unspecified atom stereocenters. The Morgan fingerprint density at radius 1 is 1.40 bits per heavy atom. The van der Waals surface area contributed by atoms with Crippen LogP contribution in [-0.4, -0.2) is 43.6 Å². The predicted octanol–water partition coefficient (Wildman–Crippen LogP) is 0.903. The van der Waals surface area contributed by atoms with Crippen LogP contribution < -0.4 is 5.32 Å². The van der Waals surface area contributed by atoms with E-state index in [4.69, 9.17) is 5.11 Å². The molecule has 9 heteroatoms. The molecule has 2 aromatic heterocycles. The van der Waals surface area contributed by atoms with Gasteiger partial charge in [0, 0.05) is 25.0 Å². The van der Waals surface area contributed by atoms with Gasteiger partial charge in [-0.15, -0.1) is 0 Å². The maximum absolute atomic E-state index is 12.6. The van der Waals surface area contributed by atoms with Crippen molar-refractivity contribution in [3.8, 4) is 0 Å². The lowest BCUT2D eigenvalue weighted by atomic mass is 10.1. The highest BCUT2D eigenvalue weighted by Gasteiger charge is 2.34. The first-order valence-corrected chi connectivity index (χ1v) is 5.72. The van der Waals surface area contributed by atoms with E-state index in [1.165, 1.54) is 19.3 Å². The number of anilines is 1. The van der Waals surface area contributed by atoms with E-state index >= 15 is 0 Å². The van der Waals surface area contributed by atoms with Crippen molar-refractivity contribution in [1.82, 2.24) is 14.6 Å². The summed E-state index contributed by atoms with van der Waals surface area (Å²) in [5.41, 5.74) is -2.29. The van der Waals surface area contributed by atoms with Gasteiger partial charge in [0.05, 0.1) is 6.61 Å². The zero-order valence-corrected chi connectivity index (χ0v) is 10.5. The van der Waals surface area contributed by atoms with Gasteiger partial charge in [0.1, 0.15) is 11.1 Å². The fourth-order valence-electron chi connectivity index (χ4n) is 1.53. The summed E-state index contributed by atoms with van der Waals surface area (Å²) in [6.45, 7) is 0.830. The van der Waals surface area contributed by atoms with Crippen molar-refractivity contribution in [2.24, 2.45) is 0 Å². The Kier molecular flexibility index (Phi) is 3.57. The molecule has 2 aromatic rings. The van der Waals surface area contributed by atoms with Gasteiger partial charge < -0.3 is 15.5 Å². The minimum Gasteiger partial charge on any atom is -0.393 e. The Morgan fingerprint density at radius 2 is 2.10 bits per heavy atom. The fourth-order valence-corrected chi connectivity index (χ4v) is 1.53. The summed E-state index contributed by atoms with van der Waals surface area (Å²) < 4.78 is 38.8. The molecule has 110 valence electrons. The monoisotopic (exact) mass is 290 g/mol. The van der Waals surface area contributed by atoms with Crippen molar-refractivity contribution in [2.45, 2.75) is 18.7 Å². The van der Waals surface area contributed by atoms with Crippen LogP contribution in [0.25, 0.3) is 5.52 Å². The largest absolute Gasteiger partial charge is 0.435 e. The number of rotatable bonds is 4. The van der Waals surface area contributed by atoms with Crippen LogP contribution in [0.1, 0.15) is 12.6 Å². The van der Waals surface area contributed by atoms with Crippen LogP contribution in [0.5, 0.6) is 0 Å². The van der Waals surface area contributed by atoms with Crippen molar-refractivity contribution in [2.75, 3.05) is 18.5 Å². The Labute approximate surface area is 111 Å². The van der Waals surface area contributed by atoms with Gasteiger partial charge in [0.2, 0.25) is 0 Å². The van der Waals surface area contributed by atoms with Crippen molar-refractivity contribution in [3.63, 3.8) is 0 Å². The smallest absolute Gasteiger partial charge is 0.393 e. The molecule has 1 atom stereocenters. The molecule has 2 rings (SSSR count). The van der Waals surface area contributed by atoms with Gasteiger partial charge in [-0.05, 0) is 6.92 Å². The summed E-state index contributed by atoms with van der Waals surface area (Å²) in [4.78, 5) is 3.91. The zero-order valence-electron chi connectivity index (χ0n) is 10.5. The number of hydrogen-bond donors (Lipinski definition) is 3. The first-order valence-electron chi connectivity index (χ1n) is 5.72. The molecule has 0 spiro atoms. The van der Waals surface area contributed by atoms with Crippen molar-refractivity contribution >= 4 is 11.3 Å². The normalized spacial score (nSPS) is 15.3. The number of hydrogen-bond acceptors (Lipinski definition) is 5. The van der Waals surface area contributed by atoms with Gasteiger partial charge >= 0.3 is 6.18 Å². The molecule has 0 fully saturated rings. The average Bonchev–Trinajstić information content (AvgIpc) is 2.80. The molecule has 20 heavy (non-hydrogen) atoms. The van der Waals surface area contributed by atoms with Crippen molar-refractivity contribution < 1.29 is 23.4 Å². The first-order chi connectivity index (χ1) is 9.23. The maximum Gasteiger partial charge on any atom is 0.435 e. The topological polar surface area (TPSA) is 82.7 Å². The number of aromatic nitrogens is 3. The number of fused-ring (bicyclic) bond motifs is 1. The summed E-state index contributed by atoms with van der Waals surface area (Å²) in [7, 11) is 0. The zero-order chi connectivity index (χ0) is 15.0. The van der Waals surface area contributed by atoms with E-state index in [0.717, 1.165) is 10.6 Å². The molecule has 0 aliphatic heterocycles. The van der Waals surface area contributed by atoms with E-state index in [1.54, 1.807) is 0 Å². The number of nitrogens with zero attached hydrogens (tertiary/aromatic N) is 3. The molecule has 0 aromatic carbocycles. The second-order valence-electron chi connectivity index (χ2n) is 4.64. The Hall–Kier alpha value is -1.87. The quantitative estimate of drug-likeness (QED) is 0.779. The van der Waals surface area contributed by atoms with Crippen LogP contribution in [0, 0.1) is 0 Å². The number of nitrogens with one attached hydrogen (secondary N) is 1. The maximum atomic E-state index is 12.6. The lowest BCUT2D eigenvalue weighted by Gasteiger charge is -2.21. The van der Waals surface area contributed by atoms with Gasteiger partial charge in [-0.25, -0.2) is 9.50 Å². The van der Waals surface area contributed by atoms with E-state index in [2.05, 4.69) is 15.4 Å². The minimum atomic E-state index is -4.54. The molecular formula is C11H13F3N4O2. The highest BCUT2D eigenvalue weighted by Crippen LogP contribution is 2.30. The third kappa shape index (κ3) is 2.99. The summed E-state index contributed by atoms with van der Waals surface area (Å²) in [6, 6.07) is 0.864. The molecule has 0 aliphatic carbocycles. The van der Waals surface area contributed by atoms with E-state index in [1.807, 2.05) is 0 Å². The molecule has 0 saturated heterocycles. The van der Waals surface area contributed by atoms with E-state index in [-0.39, 0.29) is 17.9 Å². The van der Waals surface area contributed by atoms with Crippen molar-refractivity contribution in [3.05, 3.63) is 24.2 Å². The molecular weight excluding hydrogens is 277 g/mol. The van der Waals surface area contributed by atoms with Crippen LogP contribution >= 0.6 is 0 Å². The third-order valence-corrected chi connectivity index (χ3v) is 2.66. The summed E-state index contributed by atoms with van der Waals surface area (Å²) >= 11 is 0. The minimum absolute atomic E-state index is 0.0668. The molecule has 2 heterocycles. The third-order valence-electron chi connectivity index (χ3n) is 2.66. The van der Waals surface area contributed by atoms with Crippen LogP contribution in [-0.2, 0) is 6.18 Å². The molecule has 0 bridgehead atoms. The van der Waals surface area contributed by atoms with Crippen LogP contribution in [0.4, 0.5) is 19.0 Å². The molecule has 0 radical (unpaired) electrons. The van der Waals surface area contributed by atoms with E-state index in [9.17, 15) is 18.3 Å². The van der Waals surface area contributed by atoms with Gasteiger partial charge in [-0.3, -0.25) is 0 Å². The molecule has 0 aliphatic rings. The van der Waals surface area contributed by atoms with Crippen LogP contribution in [0.2, 0.25) is 0 Å². The van der Waals surface area contributed by atoms with Gasteiger partial charge in [0.25, 0.3) is 0 Å². The number of aliphatic hydroxyl groups is 2. The molecule has 0 saturated carbocycles. The highest BCUT2D eigenvalue weighted by atomic mass is 19.4. The van der Waals surface area contributed by atoms with E-state index in [0.29, 0.717) is 0 Å². The first kappa shape index (κ1) is 14.5. The summed E-state index contributed by atoms with van der Waals surface area (Å²) in [5.74, 6) is 0.143. The number of alkyl halides is 3. The van der Waals surface area contributed by atoms with Gasteiger partial charge in [-0.1, -0.05) is 0 Å². The lowest BCUT2D eigenvalue weighted by molar-refractivity contribution is -0.141. The summed E-state index contributed by atoms with van der Waals surface area (Å²) in [5, 5.41) is 24.7.